The van der Waals surface area contributed by atoms with E-state index in [0.29, 0.717) is 18.7 Å². The molecule has 1 N–H and O–H groups in total. The summed E-state index contributed by atoms with van der Waals surface area (Å²) in [5, 5.41) is 22.2. The third kappa shape index (κ3) is 2.83. The Morgan fingerprint density at radius 3 is 2.65 bits per heavy atom. The van der Waals surface area contributed by atoms with E-state index in [4.69, 9.17) is 0 Å². The van der Waals surface area contributed by atoms with Gasteiger partial charge in [-0.3, -0.25) is 10.1 Å². The molecular weight excluding hydrogens is 258 g/mol. The summed E-state index contributed by atoms with van der Waals surface area (Å²) in [6.07, 6.45) is 0. The molecular formula is C13H17N5O2. The Balaban J connectivity index is 2.03. The highest BCUT2D eigenvalue weighted by Gasteiger charge is 2.13. The van der Waals surface area contributed by atoms with E-state index in [1.165, 1.54) is 6.07 Å². The van der Waals surface area contributed by atoms with Crippen LogP contribution in [0.15, 0.2) is 18.2 Å². The van der Waals surface area contributed by atoms with Gasteiger partial charge in [0, 0.05) is 25.2 Å². The summed E-state index contributed by atoms with van der Waals surface area (Å²) in [7, 11) is 1.91. The van der Waals surface area contributed by atoms with E-state index in [1.54, 1.807) is 13.0 Å². The molecule has 7 nitrogen and oxygen atoms in total. The normalized spacial score (nSPS) is 10.8. The van der Waals surface area contributed by atoms with Crippen molar-refractivity contribution in [2.75, 3.05) is 0 Å². The molecule has 0 spiro atoms. The number of hydrogen-bond donors (Lipinski definition) is 1. The Kier molecular flexibility index (Phi) is 4.09. The highest BCUT2D eigenvalue weighted by molar-refractivity contribution is 5.44. The number of nitro groups is 1. The van der Waals surface area contributed by atoms with Crippen LogP contribution in [0.25, 0.3) is 0 Å². The maximum Gasteiger partial charge on any atom is 0.272 e. The lowest BCUT2D eigenvalue weighted by Gasteiger charge is -2.08. The Morgan fingerprint density at radius 2 is 2.05 bits per heavy atom. The van der Waals surface area contributed by atoms with Gasteiger partial charge in [0.05, 0.1) is 11.5 Å². The molecule has 0 fully saturated rings. The van der Waals surface area contributed by atoms with Gasteiger partial charge in [-0.05, 0) is 19.4 Å². The molecule has 1 aromatic heterocycles. The number of rotatable bonds is 5. The lowest BCUT2D eigenvalue weighted by Crippen LogP contribution is -2.17. The average Bonchev–Trinajstić information content (AvgIpc) is 2.72. The molecule has 0 aliphatic heterocycles. The van der Waals surface area contributed by atoms with E-state index in [0.717, 1.165) is 17.2 Å². The second kappa shape index (κ2) is 5.79. The number of hydrogen-bond acceptors (Lipinski definition) is 5. The molecule has 0 aliphatic rings. The summed E-state index contributed by atoms with van der Waals surface area (Å²) < 4.78 is 1.91. The summed E-state index contributed by atoms with van der Waals surface area (Å²) in [5.41, 5.74) is 1.76. The van der Waals surface area contributed by atoms with Crippen LogP contribution in [0, 0.1) is 24.0 Å². The number of nitrogens with zero attached hydrogens (tertiary/aromatic N) is 4. The van der Waals surface area contributed by atoms with Crippen LogP contribution in [-0.2, 0) is 20.1 Å². The van der Waals surface area contributed by atoms with E-state index >= 15 is 0 Å². The SMILES string of the molecule is Cc1c(CNCc2nnc(C)n2C)cccc1[N+](=O)[O-]. The highest BCUT2D eigenvalue weighted by atomic mass is 16.6. The molecule has 2 rings (SSSR count). The zero-order chi connectivity index (χ0) is 14.7. The van der Waals surface area contributed by atoms with Crippen molar-refractivity contribution in [1.29, 1.82) is 0 Å². The predicted molar refractivity (Wildman–Crippen MR) is 74.1 cm³/mol. The van der Waals surface area contributed by atoms with Crippen LogP contribution in [0.4, 0.5) is 5.69 Å². The summed E-state index contributed by atoms with van der Waals surface area (Å²) in [4.78, 5) is 10.5. The standard InChI is InChI=1S/C13H17N5O2/c1-9-11(5-4-6-12(9)18(19)20)7-14-8-13-16-15-10(2)17(13)3/h4-6,14H,7-8H2,1-3H3. The Hall–Kier alpha value is -2.28. The summed E-state index contributed by atoms with van der Waals surface area (Å²) in [6, 6.07) is 5.11. The second-order valence-corrected chi connectivity index (χ2v) is 4.64. The minimum absolute atomic E-state index is 0.152. The van der Waals surface area contributed by atoms with Gasteiger partial charge in [-0.2, -0.15) is 0 Å². The van der Waals surface area contributed by atoms with Gasteiger partial charge in [-0.15, -0.1) is 10.2 Å². The Bertz CT molecular complexity index is 636. The topological polar surface area (TPSA) is 85.9 Å². The first-order valence-corrected chi connectivity index (χ1v) is 6.29. The fraction of sp³-hybridized carbons (Fsp3) is 0.385. The second-order valence-electron chi connectivity index (χ2n) is 4.64. The third-order valence-corrected chi connectivity index (χ3v) is 3.40. The first-order chi connectivity index (χ1) is 9.50. The van der Waals surface area contributed by atoms with E-state index in [1.807, 2.05) is 24.6 Å². The van der Waals surface area contributed by atoms with Crippen LogP contribution in [0.1, 0.15) is 22.8 Å². The van der Waals surface area contributed by atoms with Gasteiger partial charge in [-0.25, -0.2) is 0 Å². The quantitative estimate of drug-likeness (QED) is 0.662. The van der Waals surface area contributed by atoms with Gasteiger partial charge in [0.15, 0.2) is 0 Å². The van der Waals surface area contributed by atoms with Crippen LogP contribution in [0.2, 0.25) is 0 Å². The van der Waals surface area contributed by atoms with Crippen molar-refractivity contribution >= 4 is 5.69 Å². The van der Waals surface area contributed by atoms with Crippen molar-refractivity contribution < 1.29 is 4.92 Å². The van der Waals surface area contributed by atoms with Crippen molar-refractivity contribution in [2.24, 2.45) is 7.05 Å². The molecule has 0 saturated carbocycles. The minimum atomic E-state index is -0.356. The number of nitrogens with one attached hydrogen (secondary N) is 1. The largest absolute Gasteiger partial charge is 0.317 e. The fourth-order valence-electron chi connectivity index (χ4n) is 1.97. The van der Waals surface area contributed by atoms with Gasteiger partial charge in [0.1, 0.15) is 11.6 Å². The molecule has 0 saturated heterocycles. The monoisotopic (exact) mass is 275 g/mol. The number of aryl methyl sites for hydroxylation is 1. The molecule has 0 aliphatic carbocycles. The lowest BCUT2D eigenvalue weighted by molar-refractivity contribution is -0.385. The third-order valence-electron chi connectivity index (χ3n) is 3.40. The maximum atomic E-state index is 10.9. The van der Waals surface area contributed by atoms with Crippen LogP contribution in [0.5, 0.6) is 0 Å². The van der Waals surface area contributed by atoms with Crippen LogP contribution in [0.3, 0.4) is 0 Å². The molecule has 1 aromatic carbocycles. The first-order valence-electron chi connectivity index (χ1n) is 6.29. The van der Waals surface area contributed by atoms with Gasteiger partial charge in [0.2, 0.25) is 0 Å². The van der Waals surface area contributed by atoms with Crippen molar-refractivity contribution in [3.8, 4) is 0 Å². The van der Waals surface area contributed by atoms with Crippen molar-refractivity contribution in [3.63, 3.8) is 0 Å². The number of aromatic nitrogens is 3. The average molecular weight is 275 g/mol. The van der Waals surface area contributed by atoms with E-state index in [-0.39, 0.29) is 10.6 Å². The molecule has 20 heavy (non-hydrogen) atoms. The minimum Gasteiger partial charge on any atom is -0.317 e. The van der Waals surface area contributed by atoms with Crippen LogP contribution in [-0.4, -0.2) is 19.7 Å². The molecule has 0 amide bonds. The van der Waals surface area contributed by atoms with Crippen molar-refractivity contribution in [3.05, 3.63) is 51.1 Å². The molecule has 2 aromatic rings. The maximum absolute atomic E-state index is 10.9. The van der Waals surface area contributed by atoms with Crippen LogP contribution < -0.4 is 5.32 Å². The molecule has 0 radical (unpaired) electrons. The van der Waals surface area contributed by atoms with Gasteiger partial charge in [-0.1, -0.05) is 12.1 Å². The smallest absolute Gasteiger partial charge is 0.272 e. The van der Waals surface area contributed by atoms with Gasteiger partial charge >= 0.3 is 0 Å². The Morgan fingerprint density at radius 1 is 1.30 bits per heavy atom. The van der Waals surface area contributed by atoms with Gasteiger partial charge in [0.25, 0.3) is 5.69 Å². The van der Waals surface area contributed by atoms with Crippen LogP contribution >= 0.6 is 0 Å². The first kappa shape index (κ1) is 14.1. The lowest BCUT2D eigenvalue weighted by atomic mass is 10.1. The summed E-state index contributed by atoms with van der Waals surface area (Å²) >= 11 is 0. The van der Waals surface area contributed by atoms with Gasteiger partial charge < -0.3 is 9.88 Å². The van der Waals surface area contributed by atoms with E-state index in [9.17, 15) is 10.1 Å². The zero-order valence-corrected chi connectivity index (χ0v) is 11.8. The summed E-state index contributed by atoms with van der Waals surface area (Å²) in [5.74, 6) is 1.69. The Labute approximate surface area is 116 Å². The molecule has 7 heteroatoms. The molecule has 0 bridgehead atoms. The van der Waals surface area contributed by atoms with Crippen molar-refractivity contribution in [1.82, 2.24) is 20.1 Å². The zero-order valence-electron chi connectivity index (χ0n) is 11.8. The number of benzene rings is 1. The van der Waals surface area contributed by atoms with Crippen molar-refractivity contribution in [2.45, 2.75) is 26.9 Å². The molecule has 0 atom stereocenters. The highest BCUT2D eigenvalue weighted by Crippen LogP contribution is 2.20. The number of nitro benzene ring substituents is 1. The summed E-state index contributed by atoms with van der Waals surface area (Å²) in [6.45, 7) is 4.78. The molecule has 0 unspecified atom stereocenters. The van der Waals surface area contributed by atoms with E-state index < -0.39 is 0 Å². The predicted octanol–water partition coefficient (Wildman–Crippen LogP) is 1.63. The molecule has 1 heterocycles. The molecule has 106 valence electrons. The fourth-order valence-corrected chi connectivity index (χ4v) is 1.97. The van der Waals surface area contributed by atoms with E-state index in [2.05, 4.69) is 15.5 Å².